The van der Waals surface area contributed by atoms with Crippen LogP contribution < -0.4 is 0 Å². The van der Waals surface area contributed by atoms with Gasteiger partial charge in [-0.2, -0.15) is 0 Å². The number of aliphatic hydroxyl groups excluding tert-OH is 1. The topological polar surface area (TPSA) is 197 Å². The summed E-state index contributed by atoms with van der Waals surface area (Å²) in [6, 6.07) is 39.4. The molecule has 17 heteroatoms. The van der Waals surface area contributed by atoms with Crippen molar-refractivity contribution < 1.29 is 43.2 Å². The second kappa shape index (κ2) is 22.1. The lowest BCUT2D eigenvalue weighted by atomic mass is 10.2. The van der Waals surface area contributed by atoms with E-state index >= 15 is 0 Å². The molecule has 0 unspecified atom stereocenters. The van der Waals surface area contributed by atoms with Gasteiger partial charge in [0.2, 0.25) is 0 Å². The highest BCUT2D eigenvalue weighted by Crippen LogP contribution is 2.27. The molecule has 5 aromatic carbocycles. The third-order valence-corrected chi connectivity index (χ3v) is 9.86. The fraction of sp³-hybridized carbons (Fsp3) is 0.321. The minimum Gasteiger partial charge on any atom is -0.443 e. The van der Waals surface area contributed by atoms with Crippen molar-refractivity contribution in [3.63, 3.8) is 0 Å². The quantitative estimate of drug-likeness (QED) is 0.161. The Morgan fingerprint density at radius 1 is 0.438 bits per heavy atom. The first kappa shape index (κ1) is 54.2. The average Bonchev–Trinajstić information content (AvgIpc) is 4.09. The lowest BCUT2D eigenvalue weighted by Gasteiger charge is -2.20. The molecule has 9 rings (SSSR count). The zero-order valence-electron chi connectivity index (χ0n) is 43.7. The molecule has 4 aromatic heterocycles. The fourth-order valence-corrected chi connectivity index (χ4v) is 7.09. The molecule has 1 N–H and O–H groups in total. The molecule has 0 saturated carbocycles. The van der Waals surface area contributed by atoms with Crippen LogP contribution in [-0.4, -0.2) is 90.1 Å². The van der Waals surface area contributed by atoms with Crippen LogP contribution >= 0.6 is 0 Å². The molecule has 0 fully saturated rings. The van der Waals surface area contributed by atoms with E-state index in [2.05, 4.69) is 19.9 Å². The summed E-state index contributed by atoms with van der Waals surface area (Å²) in [6.45, 7) is 23.5. The fourth-order valence-electron chi connectivity index (χ4n) is 7.09. The standard InChI is InChI=1S/C18H18N2O2.C13H16N2O3.C13H16N2O2.C12H14N2O2/c1-18(2,3)22-17(21)20-15-12-8-7-11-14(15)19-16(20)13-9-5-4-6-10-13;1-13(2,3)18-12(17)15-10-7-5-4-6-9(10)14-11(15)8-16;1-9-14-10-7-5-6-8-11(10)15(9)12(16)17-13(2,3)4;1-12(2,3)16-11(15)14-8-13-9-6-4-5-7-10(9)14/h4-12H,1-3H3;4-7,16H,8H2,1-3H3;5-8H,1-4H3;4-8H,1-3H3. The van der Waals surface area contributed by atoms with Crippen molar-refractivity contribution in [3.8, 4) is 11.4 Å². The van der Waals surface area contributed by atoms with E-state index in [4.69, 9.17) is 18.9 Å². The number of aromatic nitrogens is 8. The summed E-state index contributed by atoms with van der Waals surface area (Å²) >= 11 is 0. The number of hydrogen-bond acceptors (Lipinski definition) is 13. The lowest BCUT2D eigenvalue weighted by Crippen LogP contribution is -2.28. The Balaban J connectivity index is 0.000000160. The first-order chi connectivity index (χ1) is 34.2. The molecular weight excluding hydrogens is 929 g/mol. The molecule has 73 heavy (non-hydrogen) atoms. The van der Waals surface area contributed by atoms with Gasteiger partial charge >= 0.3 is 24.4 Å². The maximum Gasteiger partial charge on any atom is 0.420 e. The monoisotopic (exact) mass is 992 g/mol. The highest BCUT2D eigenvalue weighted by atomic mass is 16.6. The maximum absolute atomic E-state index is 12.6. The van der Waals surface area contributed by atoms with Crippen molar-refractivity contribution >= 4 is 68.5 Å². The number of ether oxygens (including phenoxy) is 4. The van der Waals surface area contributed by atoms with Crippen molar-refractivity contribution in [2.45, 2.75) is 119 Å². The van der Waals surface area contributed by atoms with Crippen LogP contribution in [0.5, 0.6) is 0 Å². The molecule has 0 aliphatic carbocycles. The zero-order valence-corrected chi connectivity index (χ0v) is 43.7. The molecule has 4 heterocycles. The molecule has 0 atom stereocenters. The van der Waals surface area contributed by atoms with Crippen LogP contribution in [0, 0.1) is 6.92 Å². The number of imidazole rings is 4. The van der Waals surface area contributed by atoms with Gasteiger partial charge in [-0.15, -0.1) is 0 Å². The van der Waals surface area contributed by atoms with Gasteiger partial charge in [0.05, 0.1) is 44.1 Å². The predicted molar refractivity (Wildman–Crippen MR) is 282 cm³/mol. The smallest absolute Gasteiger partial charge is 0.420 e. The third kappa shape index (κ3) is 14.3. The number of para-hydroxylation sites is 8. The van der Waals surface area contributed by atoms with E-state index in [1.165, 1.54) is 24.6 Å². The molecule has 17 nitrogen and oxygen atoms in total. The third-order valence-electron chi connectivity index (χ3n) is 9.86. The second-order valence-electron chi connectivity index (χ2n) is 20.6. The number of fused-ring (bicyclic) bond motifs is 4. The molecule has 0 spiro atoms. The van der Waals surface area contributed by atoms with E-state index in [-0.39, 0.29) is 18.5 Å². The molecule has 0 radical (unpaired) electrons. The Bertz CT molecular complexity index is 3380. The number of carbonyl (C=O) groups excluding carboxylic acids is 4. The number of aliphatic hydroxyl groups is 1. The van der Waals surface area contributed by atoms with Gasteiger partial charge in [0.25, 0.3) is 0 Å². The van der Waals surface area contributed by atoms with E-state index in [0.717, 1.165) is 38.7 Å². The van der Waals surface area contributed by atoms with Crippen molar-refractivity contribution in [2.75, 3.05) is 0 Å². The van der Waals surface area contributed by atoms with Crippen LogP contribution in [0.15, 0.2) is 134 Å². The number of hydrogen-bond donors (Lipinski definition) is 1. The maximum atomic E-state index is 12.6. The Kier molecular flexibility index (Phi) is 16.4. The molecule has 0 aliphatic rings. The first-order valence-electron chi connectivity index (χ1n) is 23.6. The molecule has 0 amide bonds. The number of carbonyl (C=O) groups is 4. The van der Waals surface area contributed by atoms with Crippen LogP contribution in [0.2, 0.25) is 0 Å². The number of rotatable bonds is 2. The van der Waals surface area contributed by atoms with Crippen LogP contribution in [0.3, 0.4) is 0 Å². The zero-order chi connectivity index (χ0) is 53.5. The Morgan fingerprint density at radius 3 is 1.30 bits per heavy atom. The summed E-state index contributed by atoms with van der Waals surface area (Å²) in [7, 11) is 0. The van der Waals surface area contributed by atoms with Crippen molar-refractivity contribution in [1.82, 2.24) is 38.2 Å². The van der Waals surface area contributed by atoms with Gasteiger partial charge in [0, 0.05) is 5.56 Å². The van der Waals surface area contributed by atoms with E-state index in [1.54, 1.807) is 39.8 Å². The van der Waals surface area contributed by atoms with Crippen molar-refractivity contribution in [1.29, 1.82) is 0 Å². The summed E-state index contributed by atoms with van der Waals surface area (Å²) in [6.07, 6.45) is -0.246. The van der Waals surface area contributed by atoms with E-state index < -0.39 is 40.7 Å². The van der Waals surface area contributed by atoms with Gasteiger partial charge < -0.3 is 24.1 Å². The molecular formula is C56H64N8O9. The van der Waals surface area contributed by atoms with Gasteiger partial charge in [-0.05, 0) is 139 Å². The highest BCUT2D eigenvalue weighted by molar-refractivity contribution is 5.92. The van der Waals surface area contributed by atoms with E-state index in [1.807, 2.05) is 178 Å². The van der Waals surface area contributed by atoms with Gasteiger partial charge in [0.15, 0.2) is 5.82 Å². The summed E-state index contributed by atoms with van der Waals surface area (Å²) in [5.41, 5.74) is 4.67. The summed E-state index contributed by atoms with van der Waals surface area (Å²) in [4.78, 5) is 65.9. The Hall–Kier alpha value is -8.18. The second-order valence-corrected chi connectivity index (χ2v) is 20.6. The van der Waals surface area contributed by atoms with Gasteiger partial charge in [-0.25, -0.2) is 57.4 Å². The molecule has 0 bridgehead atoms. The molecule has 0 saturated heterocycles. The van der Waals surface area contributed by atoms with Gasteiger partial charge in [0.1, 0.15) is 47.0 Å². The van der Waals surface area contributed by atoms with E-state index in [0.29, 0.717) is 22.7 Å². The van der Waals surface area contributed by atoms with Crippen LogP contribution in [-0.2, 0) is 25.6 Å². The normalized spacial score (nSPS) is 11.7. The van der Waals surface area contributed by atoms with Gasteiger partial charge in [-0.3, -0.25) is 0 Å². The van der Waals surface area contributed by atoms with Gasteiger partial charge in [-0.1, -0.05) is 78.9 Å². The number of benzene rings is 5. The Morgan fingerprint density at radius 2 is 0.808 bits per heavy atom. The Labute approximate surface area is 424 Å². The highest BCUT2D eigenvalue weighted by Gasteiger charge is 2.26. The van der Waals surface area contributed by atoms with E-state index in [9.17, 15) is 24.3 Å². The summed E-state index contributed by atoms with van der Waals surface area (Å²) < 4.78 is 27.2. The summed E-state index contributed by atoms with van der Waals surface area (Å²) in [5.74, 6) is 1.52. The minimum atomic E-state index is -0.588. The number of aryl methyl sites for hydroxylation is 1. The molecule has 382 valence electrons. The predicted octanol–water partition coefficient (Wildman–Crippen LogP) is 12.7. The summed E-state index contributed by atoms with van der Waals surface area (Å²) in [5, 5.41) is 9.28. The first-order valence-corrected chi connectivity index (χ1v) is 23.6. The largest absolute Gasteiger partial charge is 0.443 e. The lowest BCUT2D eigenvalue weighted by molar-refractivity contribution is 0.0522. The van der Waals surface area contributed by atoms with Crippen LogP contribution in [0.4, 0.5) is 19.2 Å². The van der Waals surface area contributed by atoms with Crippen molar-refractivity contribution in [3.05, 3.63) is 145 Å². The SMILES string of the molecule is CC(C)(C)OC(=O)n1c(-c2ccccc2)nc2ccccc21.CC(C)(C)OC(=O)n1c(CO)nc2ccccc21.CC(C)(C)OC(=O)n1cnc2ccccc21.Cc1nc2ccccc2n1C(=O)OC(C)(C)C. The van der Waals surface area contributed by atoms with Crippen LogP contribution in [0.25, 0.3) is 55.5 Å². The molecule has 0 aliphatic heterocycles. The minimum absolute atomic E-state index is 0.283. The van der Waals surface area contributed by atoms with Crippen LogP contribution in [0.1, 0.15) is 94.7 Å². The average molecular weight is 993 g/mol. The number of nitrogens with zero attached hydrogens (tertiary/aromatic N) is 8. The molecule has 9 aromatic rings. The van der Waals surface area contributed by atoms with Crippen molar-refractivity contribution in [2.24, 2.45) is 0 Å².